The van der Waals surface area contributed by atoms with Gasteiger partial charge in [0.2, 0.25) is 0 Å². The molecule has 0 fully saturated rings. The third-order valence-electron chi connectivity index (χ3n) is 11.0. The van der Waals surface area contributed by atoms with Gasteiger partial charge in [0.15, 0.2) is 5.82 Å². The van der Waals surface area contributed by atoms with Crippen LogP contribution in [0.25, 0.3) is 110 Å². The summed E-state index contributed by atoms with van der Waals surface area (Å²) in [6.07, 6.45) is 0. The quantitative estimate of drug-likeness (QED) is 0.167. The smallest absolute Gasteiger partial charge is 0.160 e. The largest absolute Gasteiger partial charge is 0.247 e. The highest BCUT2D eigenvalue weighted by Crippen LogP contribution is 2.43. The number of rotatable bonds is 5. The predicted octanol–water partition coefficient (Wildman–Crippen LogP) is 14.0. The summed E-state index contributed by atoms with van der Waals surface area (Å²) in [5, 5.41) is 9.43. The molecule has 0 atom stereocenters. The van der Waals surface area contributed by atoms with E-state index in [9.17, 15) is 0 Å². The van der Waals surface area contributed by atoms with Crippen molar-refractivity contribution in [3.8, 4) is 56.2 Å². The van der Waals surface area contributed by atoms with Crippen molar-refractivity contribution in [2.45, 2.75) is 0 Å². The highest BCUT2D eigenvalue weighted by Gasteiger charge is 2.18. The highest BCUT2D eigenvalue weighted by molar-refractivity contribution is 6.25. The maximum absolute atomic E-state index is 5.36. The van der Waals surface area contributed by atoms with E-state index >= 15 is 0 Å². The van der Waals surface area contributed by atoms with Gasteiger partial charge in [-0.2, -0.15) is 0 Å². The van der Waals surface area contributed by atoms with Gasteiger partial charge in [-0.1, -0.05) is 164 Å². The lowest BCUT2D eigenvalue weighted by atomic mass is 9.88. The van der Waals surface area contributed by atoms with E-state index in [2.05, 4.69) is 176 Å². The maximum atomic E-state index is 5.36. The number of nitrogens with zero attached hydrogens (tertiary/aromatic N) is 3. The van der Waals surface area contributed by atoms with Crippen LogP contribution < -0.4 is 0 Å². The summed E-state index contributed by atoms with van der Waals surface area (Å²) in [4.78, 5) is 15.5. The molecule has 9 aromatic carbocycles. The molecule has 11 rings (SSSR count). The van der Waals surface area contributed by atoms with E-state index < -0.39 is 0 Å². The van der Waals surface area contributed by atoms with E-state index in [-0.39, 0.29) is 0 Å². The molecule has 3 heteroatoms. The first-order valence-corrected chi connectivity index (χ1v) is 19.0. The summed E-state index contributed by atoms with van der Waals surface area (Å²) < 4.78 is 0. The van der Waals surface area contributed by atoms with Gasteiger partial charge in [0.1, 0.15) is 0 Å². The Morgan fingerprint density at radius 1 is 0.268 bits per heavy atom. The third kappa shape index (κ3) is 5.40. The zero-order valence-electron chi connectivity index (χ0n) is 30.4. The average molecular weight is 712 g/mol. The second-order valence-electron chi connectivity index (χ2n) is 14.4. The average Bonchev–Trinajstić information content (AvgIpc) is 3.28. The van der Waals surface area contributed by atoms with Crippen molar-refractivity contribution in [2.24, 2.45) is 0 Å². The van der Waals surface area contributed by atoms with Crippen molar-refractivity contribution in [1.82, 2.24) is 15.0 Å². The second kappa shape index (κ2) is 13.1. The zero-order valence-corrected chi connectivity index (χ0v) is 30.4. The SMILES string of the molecule is c1ccc(-c2nc(-c3cccc(-c4cccc(-c5cc6c(-c7ccc8ccccc8c7)nc7ccccc7c6c6ccccc56)c4)c3)c3ccccc3n2)cc1. The van der Waals surface area contributed by atoms with E-state index in [1.807, 2.05) is 24.3 Å². The standard InChI is InChI=1S/C53H33N3/c1-2-15-35(16-3-1)53-55-49-27-11-9-25-45(49)51(56-53)40-21-13-19-38(32-40)37-18-12-20-39(30-37)46-33-47-50(43-23-7-6-22-42(43)46)44-24-8-10-26-48(44)54-52(47)41-29-28-34-14-4-5-17-36(34)31-41/h1-33H. The lowest BCUT2D eigenvalue weighted by Gasteiger charge is -2.17. The van der Waals surface area contributed by atoms with Crippen LogP contribution in [0, 0.1) is 0 Å². The lowest BCUT2D eigenvalue weighted by molar-refractivity contribution is 1.23. The Kier molecular flexibility index (Phi) is 7.49. The minimum atomic E-state index is 0.722. The first kappa shape index (κ1) is 32.0. The van der Waals surface area contributed by atoms with Gasteiger partial charge in [0.05, 0.1) is 22.4 Å². The van der Waals surface area contributed by atoms with E-state index in [0.717, 1.165) is 77.8 Å². The fourth-order valence-electron chi connectivity index (χ4n) is 8.34. The first-order chi connectivity index (χ1) is 27.7. The molecular formula is C53H33N3. The Balaban J connectivity index is 1.10. The summed E-state index contributed by atoms with van der Waals surface area (Å²) in [5.74, 6) is 0.722. The Morgan fingerprint density at radius 3 is 1.62 bits per heavy atom. The van der Waals surface area contributed by atoms with Crippen LogP contribution in [-0.4, -0.2) is 15.0 Å². The molecule has 0 bridgehead atoms. The first-order valence-electron chi connectivity index (χ1n) is 19.0. The molecule has 11 aromatic rings. The molecule has 0 saturated carbocycles. The molecule has 0 aliphatic carbocycles. The van der Waals surface area contributed by atoms with E-state index in [1.165, 1.54) is 32.5 Å². The van der Waals surface area contributed by atoms with Crippen molar-refractivity contribution in [2.75, 3.05) is 0 Å². The molecular weight excluding hydrogens is 679 g/mol. The minimum Gasteiger partial charge on any atom is -0.247 e. The highest BCUT2D eigenvalue weighted by atomic mass is 14.9. The molecule has 0 unspecified atom stereocenters. The fourth-order valence-corrected chi connectivity index (χ4v) is 8.34. The van der Waals surface area contributed by atoms with Crippen LogP contribution in [0.5, 0.6) is 0 Å². The Labute approximate surface area is 324 Å². The van der Waals surface area contributed by atoms with Gasteiger partial charge in [-0.25, -0.2) is 15.0 Å². The van der Waals surface area contributed by atoms with Crippen molar-refractivity contribution in [3.05, 3.63) is 200 Å². The minimum absolute atomic E-state index is 0.722. The molecule has 2 aromatic heterocycles. The molecule has 0 aliphatic heterocycles. The van der Waals surface area contributed by atoms with Crippen LogP contribution in [0.4, 0.5) is 0 Å². The van der Waals surface area contributed by atoms with Crippen LogP contribution in [0.1, 0.15) is 0 Å². The molecule has 2 heterocycles. The van der Waals surface area contributed by atoms with Gasteiger partial charge in [0, 0.05) is 38.2 Å². The number of pyridine rings is 1. The number of hydrogen-bond acceptors (Lipinski definition) is 3. The molecule has 0 amide bonds. The van der Waals surface area contributed by atoms with Crippen LogP contribution in [-0.2, 0) is 0 Å². The van der Waals surface area contributed by atoms with Crippen molar-refractivity contribution < 1.29 is 0 Å². The monoisotopic (exact) mass is 711 g/mol. The van der Waals surface area contributed by atoms with Crippen LogP contribution in [0.15, 0.2) is 200 Å². The second-order valence-corrected chi connectivity index (χ2v) is 14.4. The zero-order chi connectivity index (χ0) is 37.0. The predicted molar refractivity (Wildman–Crippen MR) is 235 cm³/mol. The van der Waals surface area contributed by atoms with Gasteiger partial charge in [0.25, 0.3) is 0 Å². The van der Waals surface area contributed by atoms with Gasteiger partial charge >= 0.3 is 0 Å². The number of aromatic nitrogens is 3. The van der Waals surface area contributed by atoms with Crippen molar-refractivity contribution in [1.29, 1.82) is 0 Å². The van der Waals surface area contributed by atoms with Crippen LogP contribution in [0.3, 0.4) is 0 Å². The molecule has 3 nitrogen and oxygen atoms in total. The summed E-state index contributed by atoms with van der Waals surface area (Å²) in [6.45, 7) is 0. The molecule has 0 saturated heterocycles. The number of hydrogen-bond donors (Lipinski definition) is 0. The van der Waals surface area contributed by atoms with Gasteiger partial charge in [-0.05, 0) is 80.2 Å². The molecule has 0 N–H and O–H groups in total. The van der Waals surface area contributed by atoms with Crippen molar-refractivity contribution in [3.63, 3.8) is 0 Å². The summed E-state index contributed by atoms with van der Waals surface area (Å²) >= 11 is 0. The van der Waals surface area contributed by atoms with Gasteiger partial charge in [-0.15, -0.1) is 0 Å². The number of benzene rings is 9. The third-order valence-corrected chi connectivity index (χ3v) is 11.0. The Morgan fingerprint density at radius 2 is 0.821 bits per heavy atom. The molecule has 56 heavy (non-hydrogen) atoms. The number of fused-ring (bicyclic) bond motifs is 7. The van der Waals surface area contributed by atoms with Crippen LogP contribution >= 0.6 is 0 Å². The maximum Gasteiger partial charge on any atom is 0.160 e. The van der Waals surface area contributed by atoms with Gasteiger partial charge in [-0.3, -0.25) is 0 Å². The number of para-hydroxylation sites is 2. The Hall–Kier alpha value is -7.49. The van der Waals surface area contributed by atoms with Crippen LogP contribution in [0.2, 0.25) is 0 Å². The fraction of sp³-hybridized carbons (Fsp3) is 0. The molecule has 0 aliphatic rings. The Bertz CT molecular complexity index is 3310. The summed E-state index contributed by atoms with van der Waals surface area (Å²) in [5.41, 5.74) is 11.6. The topological polar surface area (TPSA) is 38.7 Å². The van der Waals surface area contributed by atoms with E-state index in [4.69, 9.17) is 15.0 Å². The molecule has 260 valence electrons. The van der Waals surface area contributed by atoms with Crippen molar-refractivity contribution >= 4 is 54.1 Å². The summed E-state index contributed by atoms with van der Waals surface area (Å²) in [6, 6.07) is 71.1. The van der Waals surface area contributed by atoms with Gasteiger partial charge < -0.3 is 0 Å². The molecule has 0 spiro atoms. The van der Waals surface area contributed by atoms with E-state index in [1.54, 1.807) is 0 Å². The normalized spacial score (nSPS) is 11.6. The lowest BCUT2D eigenvalue weighted by Crippen LogP contribution is -1.95. The summed E-state index contributed by atoms with van der Waals surface area (Å²) in [7, 11) is 0. The van der Waals surface area contributed by atoms with E-state index in [0.29, 0.717) is 0 Å². The molecule has 0 radical (unpaired) electrons.